The Morgan fingerprint density at radius 1 is 1.17 bits per heavy atom. The number of hydrogen-bond donors (Lipinski definition) is 0. The molecule has 0 unspecified atom stereocenters. The third kappa shape index (κ3) is 4.75. The molecule has 1 heteroatoms. The molecule has 0 aliphatic carbocycles. The first-order chi connectivity index (χ1) is 5.74. The van der Waals surface area contributed by atoms with E-state index in [9.17, 15) is 0 Å². The van der Waals surface area contributed by atoms with Gasteiger partial charge in [0, 0.05) is 0 Å². The molecule has 12 heavy (non-hydrogen) atoms. The highest BCUT2D eigenvalue weighted by molar-refractivity contribution is 6.25. The average Bonchev–Trinajstić information content (AvgIpc) is 2.07. The summed E-state index contributed by atoms with van der Waals surface area (Å²) in [4.78, 5) is 0. The largest absolute Gasteiger partial charge is 0.0985 e. The fourth-order valence-electron chi connectivity index (χ4n) is 0.703. The predicted molar refractivity (Wildman–Crippen MR) is 57.3 cm³/mol. The summed E-state index contributed by atoms with van der Waals surface area (Å²) in [5, 5.41) is 0. The Morgan fingerprint density at radius 3 is 1.92 bits per heavy atom. The van der Waals surface area contributed by atoms with Crippen LogP contribution in [0.25, 0.3) is 6.08 Å². The summed E-state index contributed by atoms with van der Waals surface area (Å²) < 4.78 is 0. The highest BCUT2D eigenvalue weighted by atomic mass is 35.5. The van der Waals surface area contributed by atoms with Crippen molar-refractivity contribution in [2.75, 3.05) is 0 Å². The van der Waals surface area contributed by atoms with Gasteiger partial charge in [-0.3, -0.25) is 0 Å². The highest BCUT2D eigenvalue weighted by Crippen LogP contribution is 2.02. The average molecular weight is 181 g/mol. The summed E-state index contributed by atoms with van der Waals surface area (Å²) in [6.07, 6.45) is 1.85. The minimum Gasteiger partial charge on any atom is -0.0985 e. The lowest BCUT2D eigenvalue weighted by Crippen LogP contribution is -1.71. The monoisotopic (exact) mass is 180 g/mol. The zero-order valence-electron chi connectivity index (χ0n) is 7.26. The van der Waals surface area contributed by atoms with Crippen LogP contribution in [0.15, 0.2) is 43.0 Å². The van der Waals surface area contributed by atoms with Crippen LogP contribution in [0.5, 0.6) is 0 Å². The lowest BCUT2D eigenvalue weighted by atomic mass is 10.2. The first kappa shape index (κ1) is 11.0. The SMILES string of the molecule is C=CCl.C=Cc1ccc(C)cc1. The summed E-state index contributed by atoms with van der Waals surface area (Å²) in [6, 6.07) is 8.28. The van der Waals surface area contributed by atoms with Gasteiger partial charge in [-0.1, -0.05) is 60.7 Å². The molecule has 64 valence electrons. The van der Waals surface area contributed by atoms with Crippen molar-refractivity contribution >= 4 is 17.7 Å². The van der Waals surface area contributed by atoms with E-state index in [-0.39, 0.29) is 0 Å². The van der Waals surface area contributed by atoms with Crippen LogP contribution < -0.4 is 0 Å². The van der Waals surface area contributed by atoms with Crippen LogP contribution in [0.3, 0.4) is 0 Å². The Labute approximate surface area is 79.2 Å². The van der Waals surface area contributed by atoms with Crippen LogP contribution in [0, 0.1) is 6.92 Å². The Bertz CT molecular complexity index is 234. The first-order valence-corrected chi connectivity index (χ1v) is 4.08. The lowest BCUT2D eigenvalue weighted by Gasteiger charge is -1.91. The standard InChI is InChI=1S/C9H10.C2H3Cl/c1-3-9-6-4-8(2)5-7-9;1-2-3/h3-7H,1H2,2H3;2H,1H2. The van der Waals surface area contributed by atoms with Crippen LogP contribution >= 0.6 is 11.6 Å². The number of benzene rings is 1. The normalized spacial score (nSPS) is 7.83. The summed E-state index contributed by atoms with van der Waals surface area (Å²) in [6.45, 7) is 8.86. The third-order valence-corrected chi connectivity index (χ3v) is 1.31. The molecule has 0 bridgehead atoms. The van der Waals surface area contributed by atoms with Gasteiger partial charge in [-0.05, 0) is 18.0 Å². The molecule has 0 fully saturated rings. The van der Waals surface area contributed by atoms with E-state index < -0.39 is 0 Å². The zero-order chi connectivity index (χ0) is 9.40. The minimum atomic E-state index is 1.18. The molecule has 0 saturated heterocycles. The quantitative estimate of drug-likeness (QED) is 0.613. The van der Waals surface area contributed by atoms with Crippen LogP contribution in [0.1, 0.15) is 11.1 Å². The molecule has 0 atom stereocenters. The van der Waals surface area contributed by atoms with Crippen LogP contribution in [-0.4, -0.2) is 0 Å². The van der Waals surface area contributed by atoms with Crippen LogP contribution in [0.4, 0.5) is 0 Å². The maximum absolute atomic E-state index is 4.76. The lowest BCUT2D eigenvalue weighted by molar-refractivity contribution is 1.46. The molecule has 0 N–H and O–H groups in total. The van der Waals surface area contributed by atoms with E-state index in [4.69, 9.17) is 11.6 Å². The fraction of sp³-hybridized carbons (Fsp3) is 0.0909. The van der Waals surface area contributed by atoms with Crippen molar-refractivity contribution in [1.82, 2.24) is 0 Å². The van der Waals surface area contributed by atoms with Crippen molar-refractivity contribution in [1.29, 1.82) is 0 Å². The summed E-state index contributed by atoms with van der Waals surface area (Å²) in [5.41, 5.74) is 3.70. The van der Waals surface area contributed by atoms with Crippen molar-refractivity contribution in [3.63, 3.8) is 0 Å². The number of halogens is 1. The third-order valence-electron chi connectivity index (χ3n) is 1.31. The van der Waals surface area contributed by atoms with Gasteiger partial charge in [0.1, 0.15) is 0 Å². The van der Waals surface area contributed by atoms with Gasteiger partial charge in [0.25, 0.3) is 0 Å². The Hall–Kier alpha value is -1.01. The Balaban J connectivity index is 0.000000354. The molecule has 0 aromatic heterocycles. The van der Waals surface area contributed by atoms with Crippen molar-refractivity contribution in [2.24, 2.45) is 0 Å². The van der Waals surface area contributed by atoms with Crippen molar-refractivity contribution in [2.45, 2.75) is 6.92 Å². The van der Waals surface area contributed by atoms with Crippen molar-refractivity contribution < 1.29 is 0 Å². The second kappa shape index (κ2) is 6.68. The van der Waals surface area contributed by atoms with Gasteiger partial charge in [0.05, 0.1) is 0 Å². The molecular weight excluding hydrogens is 168 g/mol. The van der Waals surface area contributed by atoms with E-state index in [1.807, 2.05) is 6.08 Å². The predicted octanol–water partition coefficient (Wildman–Crippen LogP) is 4.01. The molecule has 0 radical (unpaired) electrons. The Kier molecular flexibility index (Phi) is 6.12. The Morgan fingerprint density at radius 2 is 1.58 bits per heavy atom. The second-order valence-corrected chi connectivity index (χ2v) is 2.58. The molecule has 0 nitrogen and oxygen atoms in total. The molecule has 0 heterocycles. The van der Waals surface area contributed by atoms with Crippen LogP contribution in [-0.2, 0) is 0 Å². The van der Waals surface area contributed by atoms with E-state index in [0.717, 1.165) is 0 Å². The van der Waals surface area contributed by atoms with Gasteiger partial charge in [-0.15, -0.1) is 0 Å². The number of hydrogen-bond acceptors (Lipinski definition) is 0. The maximum atomic E-state index is 4.76. The molecule has 1 aromatic carbocycles. The van der Waals surface area contributed by atoms with Crippen LogP contribution in [0.2, 0.25) is 0 Å². The molecule has 1 rings (SSSR count). The molecule has 0 aliphatic rings. The number of rotatable bonds is 1. The molecule has 1 aromatic rings. The first-order valence-electron chi connectivity index (χ1n) is 3.64. The van der Waals surface area contributed by atoms with Gasteiger partial charge in [-0.2, -0.15) is 0 Å². The molecule has 0 amide bonds. The maximum Gasteiger partial charge on any atom is -0.00296 e. The van der Waals surface area contributed by atoms with E-state index in [1.165, 1.54) is 16.7 Å². The fourth-order valence-corrected chi connectivity index (χ4v) is 0.703. The van der Waals surface area contributed by atoms with Gasteiger partial charge >= 0.3 is 0 Å². The zero-order valence-corrected chi connectivity index (χ0v) is 8.01. The van der Waals surface area contributed by atoms with E-state index in [0.29, 0.717) is 0 Å². The minimum absolute atomic E-state index is 1.18. The molecule has 0 saturated carbocycles. The van der Waals surface area contributed by atoms with Crippen molar-refractivity contribution in [3.05, 3.63) is 54.1 Å². The molecular formula is C11H13Cl. The topological polar surface area (TPSA) is 0 Å². The smallest absolute Gasteiger partial charge is 0.00296 e. The molecule has 0 spiro atoms. The summed E-state index contributed by atoms with van der Waals surface area (Å²) in [7, 11) is 0. The van der Waals surface area contributed by atoms with Gasteiger partial charge in [0.2, 0.25) is 0 Å². The second-order valence-electron chi connectivity index (χ2n) is 2.27. The van der Waals surface area contributed by atoms with E-state index in [2.05, 4.69) is 44.3 Å². The number of aryl methyl sites for hydroxylation is 1. The molecule has 0 aliphatic heterocycles. The summed E-state index contributed by atoms with van der Waals surface area (Å²) in [5.74, 6) is 0. The van der Waals surface area contributed by atoms with Gasteiger partial charge in [0.15, 0.2) is 0 Å². The van der Waals surface area contributed by atoms with Crippen molar-refractivity contribution in [3.8, 4) is 0 Å². The van der Waals surface area contributed by atoms with Gasteiger partial charge < -0.3 is 0 Å². The summed E-state index contributed by atoms with van der Waals surface area (Å²) >= 11 is 4.76. The van der Waals surface area contributed by atoms with Gasteiger partial charge in [-0.25, -0.2) is 0 Å². The highest BCUT2D eigenvalue weighted by Gasteiger charge is 1.82. The van der Waals surface area contributed by atoms with E-state index >= 15 is 0 Å². The van der Waals surface area contributed by atoms with E-state index in [1.54, 1.807) is 0 Å².